The number of rotatable bonds is 3. The Morgan fingerprint density at radius 2 is 2.00 bits per heavy atom. The lowest BCUT2D eigenvalue weighted by Gasteiger charge is -2.01. The Morgan fingerprint density at radius 3 is 2.62 bits per heavy atom. The van der Waals surface area contributed by atoms with Gasteiger partial charge in [-0.3, -0.25) is 0 Å². The van der Waals surface area contributed by atoms with Crippen LogP contribution < -0.4 is 0 Å². The van der Waals surface area contributed by atoms with E-state index >= 15 is 0 Å². The summed E-state index contributed by atoms with van der Waals surface area (Å²) in [6.45, 7) is 4.28. The summed E-state index contributed by atoms with van der Waals surface area (Å²) in [5.74, 6) is 0. The quantitative estimate of drug-likeness (QED) is 0.688. The molecule has 1 rings (SSSR count). The molecule has 0 aliphatic heterocycles. The van der Waals surface area contributed by atoms with Gasteiger partial charge >= 0.3 is 0 Å². The van der Waals surface area contributed by atoms with Crippen LogP contribution >= 0.6 is 15.9 Å². The number of benzene rings is 1. The van der Waals surface area contributed by atoms with Gasteiger partial charge in [0.05, 0.1) is 0 Å². The monoisotopic (exact) mass is 238 g/mol. The third-order valence-corrected chi connectivity index (χ3v) is 2.70. The molecule has 0 aliphatic carbocycles. The molecule has 0 aromatic heterocycles. The largest absolute Gasteiger partial charge is 0.0856 e. The van der Waals surface area contributed by atoms with Gasteiger partial charge < -0.3 is 0 Å². The van der Waals surface area contributed by atoms with Crippen LogP contribution in [0.5, 0.6) is 0 Å². The van der Waals surface area contributed by atoms with Gasteiger partial charge in [0.15, 0.2) is 0 Å². The number of hydrogen-bond acceptors (Lipinski definition) is 0. The molecule has 1 aromatic rings. The predicted molar refractivity (Wildman–Crippen MR) is 61.9 cm³/mol. The number of aryl methyl sites for hydroxylation is 1. The first-order chi connectivity index (χ1) is 6.20. The second kappa shape index (κ2) is 5.23. The fourth-order valence-corrected chi connectivity index (χ4v) is 1.70. The topological polar surface area (TPSA) is 0 Å². The Labute approximate surface area is 88.8 Å². The van der Waals surface area contributed by atoms with Crippen LogP contribution in [-0.2, 0) is 6.42 Å². The zero-order valence-electron chi connectivity index (χ0n) is 8.18. The average Bonchev–Trinajstić information content (AvgIpc) is 2.08. The molecule has 0 saturated heterocycles. The average molecular weight is 239 g/mol. The van der Waals surface area contributed by atoms with Crippen molar-refractivity contribution in [2.24, 2.45) is 0 Å². The second-order valence-corrected chi connectivity index (χ2v) is 4.27. The Balaban J connectivity index is 2.55. The van der Waals surface area contributed by atoms with Gasteiger partial charge in [-0.05, 0) is 38.3 Å². The van der Waals surface area contributed by atoms with Crippen LogP contribution in [0.4, 0.5) is 0 Å². The smallest absolute Gasteiger partial charge is 0.0207 e. The lowest BCUT2D eigenvalue weighted by molar-refractivity contribution is 0.982. The maximum atomic E-state index is 3.54. The Kier molecular flexibility index (Phi) is 4.23. The number of halogens is 1. The standard InChI is InChI=1S/C12H15Br/c1-10(2)6-5-8-11-7-3-4-9-12(11)13/h3-4,6-7,9H,5,8H2,1-2H3. The van der Waals surface area contributed by atoms with Gasteiger partial charge in [-0.2, -0.15) is 0 Å². The first-order valence-electron chi connectivity index (χ1n) is 4.57. The lowest BCUT2D eigenvalue weighted by Crippen LogP contribution is -1.84. The highest BCUT2D eigenvalue weighted by molar-refractivity contribution is 9.10. The highest BCUT2D eigenvalue weighted by Gasteiger charge is 1.95. The van der Waals surface area contributed by atoms with E-state index in [1.807, 2.05) is 0 Å². The Morgan fingerprint density at radius 1 is 1.31 bits per heavy atom. The summed E-state index contributed by atoms with van der Waals surface area (Å²) in [5, 5.41) is 0. The van der Waals surface area contributed by atoms with E-state index in [-0.39, 0.29) is 0 Å². The van der Waals surface area contributed by atoms with Gasteiger partial charge in [-0.15, -0.1) is 0 Å². The van der Waals surface area contributed by atoms with Crippen LogP contribution in [0.1, 0.15) is 25.8 Å². The van der Waals surface area contributed by atoms with Gasteiger partial charge in [-0.25, -0.2) is 0 Å². The highest BCUT2D eigenvalue weighted by Crippen LogP contribution is 2.17. The van der Waals surface area contributed by atoms with Crippen LogP contribution in [-0.4, -0.2) is 0 Å². The van der Waals surface area contributed by atoms with Gasteiger partial charge in [0.25, 0.3) is 0 Å². The van der Waals surface area contributed by atoms with E-state index in [4.69, 9.17) is 0 Å². The molecule has 0 spiro atoms. The lowest BCUT2D eigenvalue weighted by atomic mass is 10.1. The van der Waals surface area contributed by atoms with Crippen molar-refractivity contribution < 1.29 is 0 Å². The molecule has 13 heavy (non-hydrogen) atoms. The zero-order valence-corrected chi connectivity index (χ0v) is 9.76. The Bertz CT molecular complexity index is 296. The first kappa shape index (κ1) is 10.5. The molecular weight excluding hydrogens is 224 g/mol. The molecular formula is C12H15Br. The Hall–Kier alpha value is -0.560. The molecule has 70 valence electrons. The SMILES string of the molecule is CC(C)=CCCc1ccccc1Br. The summed E-state index contributed by atoms with van der Waals surface area (Å²) in [6.07, 6.45) is 4.52. The van der Waals surface area contributed by atoms with E-state index in [1.165, 1.54) is 15.6 Å². The summed E-state index contributed by atoms with van der Waals surface area (Å²) in [7, 11) is 0. The summed E-state index contributed by atoms with van der Waals surface area (Å²) >= 11 is 3.54. The van der Waals surface area contributed by atoms with Crippen LogP contribution in [0, 0.1) is 0 Å². The van der Waals surface area contributed by atoms with Gasteiger partial charge in [0, 0.05) is 4.47 Å². The fraction of sp³-hybridized carbons (Fsp3) is 0.333. The van der Waals surface area contributed by atoms with Crippen LogP contribution in [0.3, 0.4) is 0 Å². The maximum Gasteiger partial charge on any atom is 0.0207 e. The fourth-order valence-electron chi connectivity index (χ4n) is 1.22. The first-order valence-corrected chi connectivity index (χ1v) is 5.36. The molecule has 0 heterocycles. The van der Waals surface area contributed by atoms with E-state index in [2.05, 4.69) is 60.1 Å². The molecule has 1 heteroatoms. The van der Waals surface area contributed by atoms with Crippen molar-refractivity contribution in [3.8, 4) is 0 Å². The molecule has 0 bridgehead atoms. The van der Waals surface area contributed by atoms with E-state index in [9.17, 15) is 0 Å². The zero-order chi connectivity index (χ0) is 9.68. The van der Waals surface area contributed by atoms with Gasteiger partial charge in [-0.1, -0.05) is 45.8 Å². The molecule has 0 radical (unpaired) electrons. The van der Waals surface area contributed by atoms with E-state index in [1.54, 1.807) is 0 Å². The van der Waals surface area contributed by atoms with Gasteiger partial charge in [0.2, 0.25) is 0 Å². The summed E-state index contributed by atoms with van der Waals surface area (Å²) < 4.78 is 1.22. The van der Waals surface area contributed by atoms with Crippen LogP contribution in [0.25, 0.3) is 0 Å². The molecule has 0 unspecified atom stereocenters. The van der Waals surface area contributed by atoms with E-state index in [0.717, 1.165) is 12.8 Å². The number of allylic oxidation sites excluding steroid dienone is 2. The normalized spacial score (nSPS) is 9.77. The summed E-state index contributed by atoms with van der Waals surface area (Å²) in [5.41, 5.74) is 2.78. The maximum absolute atomic E-state index is 3.54. The van der Waals surface area contributed by atoms with Gasteiger partial charge in [0.1, 0.15) is 0 Å². The van der Waals surface area contributed by atoms with Crippen molar-refractivity contribution in [1.29, 1.82) is 0 Å². The van der Waals surface area contributed by atoms with E-state index < -0.39 is 0 Å². The molecule has 0 saturated carbocycles. The summed E-state index contributed by atoms with van der Waals surface area (Å²) in [4.78, 5) is 0. The van der Waals surface area contributed by atoms with Crippen LogP contribution in [0.2, 0.25) is 0 Å². The van der Waals surface area contributed by atoms with Crippen molar-refractivity contribution in [2.75, 3.05) is 0 Å². The van der Waals surface area contributed by atoms with Crippen LogP contribution in [0.15, 0.2) is 40.4 Å². The molecule has 0 fully saturated rings. The summed E-state index contributed by atoms with van der Waals surface area (Å²) in [6, 6.07) is 8.40. The minimum absolute atomic E-state index is 1.12. The minimum Gasteiger partial charge on any atom is -0.0856 e. The highest BCUT2D eigenvalue weighted by atomic mass is 79.9. The second-order valence-electron chi connectivity index (χ2n) is 3.41. The third-order valence-electron chi connectivity index (χ3n) is 1.92. The molecule has 0 atom stereocenters. The molecule has 0 N–H and O–H groups in total. The molecule has 1 aromatic carbocycles. The van der Waals surface area contributed by atoms with Crippen molar-refractivity contribution in [3.63, 3.8) is 0 Å². The van der Waals surface area contributed by atoms with Crippen molar-refractivity contribution in [3.05, 3.63) is 46.0 Å². The molecule has 0 aliphatic rings. The van der Waals surface area contributed by atoms with Crippen molar-refractivity contribution in [2.45, 2.75) is 26.7 Å². The molecule has 0 amide bonds. The van der Waals surface area contributed by atoms with Crippen molar-refractivity contribution >= 4 is 15.9 Å². The van der Waals surface area contributed by atoms with E-state index in [0.29, 0.717) is 0 Å². The third kappa shape index (κ3) is 3.77. The molecule has 0 nitrogen and oxygen atoms in total. The van der Waals surface area contributed by atoms with Crippen molar-refractivity contribution in [1.82, 2.24) is 0 Å². The predicted octanol–water partition coefficient (Wildman–Crippen LogP) is 4.35. The minimum atomic E-state index is 1.12. The number of hydrogen-bond donors (Lipinski definition) is 0.